The molecule has 0 spiro atoms. The third-order valence-corrected chi connectivity index (χ3v) is 6.83. The molecule has 2 aromatic heterocycles. The van der Waals surface area contributed by atoms with Crippen molar-refractivity contribution >= 4 is 27.3 Å². The molecule has 3 aromatic carbocycles. The summed E-state index contributed by atoms with van der Waals surface area (Å²) >= 11 is 0. The molecule has 0 fully saturated rings. The van der Waals surface area contributed by atoms with Gasteiger partial charge in [0.2, 0.25) is 0 Å². The number of rotatable bonds is 0. The molecular formula is C27H22N2O. The summed E-state index contributed by atoms with van der Waals surface area (Å²) in [4.78, 5) is 5.16. The van der Waals surface area contributed by atoms with E-state index in [0.29, 0.717) is 0 Å². The van der Waals surface area contributed by atoms with E-state index < -0.39 is 0 Å². The lowest BCUT2D eigenvalue weighted by molar-refractivity contribution is 0.0821. The first-order chi connectivity index (χ1) is 14.5. The number of hydrogen-bond donors (Lipinski definition) is 0. The molecule has 0 aliphatic carbocycles. The van der Waals surface area contributed by atoms with E-state index in [2.05, 4.69) is 91.9 Å². The standard InChI is InChI=1S/C27H22N2O/c1-27(2,3)15-12-13-21-20(14-15)16-8-4-7-11-19(16)26-28-22-23(29(21)26)25-18-10-6-5-9-17(18)24(22)30-25/h4-14,24-25H,1-3H3. The van der Waals surface area contributed by atoms with Gasteiger partial charge in [-0.1, -0.05) is 75.4 Å². The molecule has 0 amide bonds. The Hall–Kier alpha value is -3.17. The van der Waals surface area contributed by atoms with Crippen LogP contribution < -0.4 is 0 Å². The van der Waals surface area contributed by atoms with Gasteiger partial charge in [0, 0.05) is 10.8 Å². The summed E-state index contributed by atoms with van der Waals surface area (Å²) in [5.41, 5.74) is 8.52. The second kappa shape index (κ2) is 5.30. The smallest absolute Gasteiger partial charge is 0.145 e. The van der Waals surface area contributed by atoms with Crippen LogP contribution in [0.3, 0.4) is 0 Å². The molecule has 2 aliphatic heterocycles. The minimum absolute atomic E-state index is 0.0390. The van der Waals surface area contributed by atoms with Gasteiger partial charge in [-0.2, -0.15) is 0 Å². The second-order valence-corrected chi connectivity index (χ2v) is 9.59. The molecule has 2 bridgehead atoms. The molecule has 0 radical (unpaired) electrons. The molecular weight excluding hydrogens is 368 g/mol. The first kappa shape index (κ1) is 16.6. The number of imidazole rings is 1. The van der Waals surface area contributed by atoms with Crippen molar-refractivity contribution in [2.24, 2.45) is 0 Å². The SMILES string of the molecule is CC(C)(C)c1ccc2c(c1)c1ccccc1c1nc3c(n21)C1OC3c2ccccc21. The lowest BCUT2D eigenvalue weighted by atomic mass is 9.86. The van der Waals surface area contributed by atoms with Gasteiger partial charge < -0.3 is 4.74 Å². The number of aromatic nitrogens is 2. The van der Waals surface area contributed by atoms with Gasteiger partial charge in [0.05, 0.1) is 16.9 Å². The fraction of sp³-hybridized carbons (Fsp3) is 0.222. The normalized spacial score (nSPS) is 19.7. The molecule has 5 aromatic rings. The summed E-state index contributed by atoms with van der Waals surface area (Å²) in [6.45, 7) is 6.81. The zero-order valence-corrected chi connectivity index (χ0v) is 17.3. The van der Waals surface area contributed by atoms with Crippen LogP contribution in [0.25, 0.3) is 27.3 Å². The van der Waals surface area contributed by atoms with Gasteiger partial charge in [-0.3, -0.25) is 4.40 Å². The monoisotopic (exact) mass is 390 g/mol. The topological polar surface area (TPSA) is 26.5 Å². The fourth-order valence-corrected chi connectivity index (χ4v) is 5.34. The van der Waals surface area contributed by atoms with Gasteiger partial charge in [-0.15, -0.1) is 0 Å². The zero-order chi connectivity index (χ0) is 20.2. The van der Waals surface area contributed by atoms with Gasteiger partial charge in [0.1, 0.15) is 17.9 Å². The third kappa shape index (κ3) is 1.91. The highest BCUT2D eigenvalue weighted by Gasteiger charge is 2.46. The predicted molar refractivity (Wildman–Crippen MR) is 120 cm³/mol. The van der Waals surface area contributed by atoms with Gasteiger partial charge in [0.15, 0.2) is 0 Å². The molecule has 0 saturated carbocycles. The van der Waals surface area contributed by atoms with Crippen molar-refractivity contribution in [1.29, 1.82) is 0 Å². The Kier molecular flexibility index (Phi) is 2.93. The fourth-order valence-electron chi connectivity index (χ4n) is 5.34. The highest BCUT2D eigenvalue weighted by molar-refractivity contribution is 6.12. The maximum atomic E-state index is 6.42. The summed E-state index contributed by atoms with van der Waals surface area (Å²) in [6, 6.07) is 24.2. The highest BCUT2D eigenvalue weighted by atomic mass is 16.5. The number of benzene rings is 3. The maximum Gasteiger partial charge on any atom is 0.145 e. The molecule has 2 unspecified atom stereocenters. The van der Waals surface area contributed by atoms with Crippen LogP contribution in [0.1, 0.15) is 61.1 Å². The van der Waals surface area contributed by atoms with Crippen molar-refractivity contribution in [1.82, 2.24) is 9.38 Å². The van der Waals surface area contributed by atoms with Crippen molar-refractivity contribution in [2.75, 3.05) is 0 Å². The number of nitrogens with zero attached hydrogens (tertiary/aromatic N) is 2. The Bertz CT molecular complexity index is 1520. The third-order valence-electron chi connectivity index (χ3n) is 6.83. The van der Waals surface area contributed by atoms with Crippen molar-refractivity contribution in [3.8, 4) is 0 Å². The van der Waals surface area contributed by atoms with E-state index in [1.165, 1.54) is 44.1 Å². The van der Waals surface area contributed by atoms with Crippen LogP contribution in [0, 0.1) is 0 Å². The average molecular weight is 390 g/mol. The van der Waals surface area contributed by atoms with E-state index in [1.54, 1.807) is 0 Å². The summed E-state index contributed by atoms with van der Waals surface area (Å²) < 4.78 is 8.78. The Labute approximate surface area is 174 Å². The quantitative estimate of drug-likeness (QED) is 0.284. The van der Waals surface area contributed by atoms with Gasteiger partial charge in [-0.25, -0.2) is 4.98 Å². The summed E-state index contributed by atoms with van der Waals surface area (Å²) in [6.07, 6.45) is -0.0911. The molecule has 146 valence electrons. The van der Waals surface area contributed by atoms with E-state index in [9.17, 15) is 0 Å². The Morgan fingerprint density at radius 1 is 0.800 bits per heavy atom. The van der Waals surface area contributed by atoms with Gasteiger partial charge >= 0.3 is 0 Å². The van der Waals surface area contributed by atoms with Crippen LogP contribution in [-0.4, -0.2) is 9.38 Å². The van der Waals surface area contributed by atoms with Crippen molar-refractivity contribution in [3.63, 3.8) is 0 Å². The summed E-state index contributed by atoms with van der Waals surface area (Å²) in [5.74, 6) is 0. The van der Waals surface area contributed by atoms with Crippen molar-refractivity contribution < 1.29 is 4.74 Å². The molecule has 0 saturated heterocycles. The number of ether oxygens (including phenoxy) is 1. The molecule has 7 rings (SSSR count). The highest BCUT2D eigenvalue weighted by Crippen LogP contribution is 2.54. The number of fused-ring (bicyclic) bond motifs is 15. The molecule has 2 aliphatic rings. The predicted octanol–water partition coefficient (Wildman–Crippen LogP) is 6.46. The van der Waals surface area contributed by atoms with Gasteiger partial charge in [-0.05, 0) is 39.6 Å². The van der Waals surface area contributed by atoms with Crippen LogP contribution >= 0.6 is 0 Å². The Morgan fingerprint density at radius 3 is 2.27 bits per heavy atom. The number of pyridine rings is 1. The van der Waals surface area contributed by atoms with Crippen molar-refractivity contribution in [2.45, 2.75) is 38.4 Å². The van der Waals surface area contributed by atoms with Crippen molar-refractivity contribution in [3.05, 3.63) is 94.8 Å². The first-order valence-electron chi connectivity index (χ1n) is 10.6. The van der Waals surface area contributed by atoms with Crippen LogP contribution in [0.4, 0.5) is 0 Å². The molecule has 30 heavy (non-hydrogen) atoms. The lowest BCUT2D eigenvalue weighted by Gasteiger charge is -2.21. The molecule has 2 atom stereocenters. The Balaban J connectivity index is 1.65. The van der Waals surface area contributed by atoms with E-state index in [4.69, 9.17) is 9.72 Å². The molecule has 3 nitrogen and oxygen atoms in total. The largest absolute Gasteiger partial charge is 0.353 e. The zero-order valence-electron chi connectivity index (χ0n) is 17.3. The number of hydrogen-bond acceptors (Lipinski definition) is 2. The van der Waals surface area contributed by atoms with Crippen LogP contribution in [0.15, 0.2) is 66.7 Å². The lowest BCUT2D eigenvalue weighted by Crippen LogP contribution is -2.11. The second-order valence-electron chi connectivity index (χ2n) is 9.59. The minimum atomic E-state index is -0.0521. The van der Waals surface area contributed by atoms with Crippen LogP contribution in [0.5, 0.6) is 0 Å². The average Bonchev–Trinajstić information content (AvgIpc) is 3.42. The van der Waals surface area contributed by atoms with Gasteiger partial charge in [0.25, 0.3) is 0 Å². The summed E-state index contributed by atoms with van der Waals surface area (Å²) in [5, 5.41) is 3.75. The van der Waals surface area contributed by atoms with E-state index in [0.717, 1.165) is 11.3 Å². The maximum absolute atomic E-state index is 6.42. The molecule has 0 N–H and O–H groups in total. The Morgan fingerprint density at radius 2 is 1.50 bits per heavy atom. The molecule has 3 heteroatoms. The first-order valence-corrected chi connectivity index (χ1v) is 10.6. The summed E-state index contributed by atoms with van der Waals surface area (Å²) in [7, 11) is 0. The van der Waals surface area contributed by atoms with E-state index in [-0.39, 0.29) is 17.6 Å². The van der Waals surface area contributed by atoms with E-state index >= 15 is 0 Å². The van der Waals surface area contributed by atoms with E-state index in [1.807, 2.05) is 0 Å². The molecule has 4 heterocycles. The minimum Gasteiger partial charge on any atom is -0.353 e. The van der Waals surface area contributed by atoms with Crippen LogP contribution in [-0.2, 0) is 10.2 Å². The van der Waals surface area contributed by atoms with Crippen LogP contribution in [0.2, 0.25) is 0 Å².